The van der Waals surface area contributed by atoms with E-state index in [9.17, 15) is 14.4 Å². The van der Waals surface area contributed by atoms with Crippen LogP contribution in [0.3, 0.4) is 0 Å². The average molecular weight is 361 g/mol. The van der Waals surface area contributed by atoms with Gasteiger partial charge in [-0.05, 0) is 30.9 Å². The second-order valence-corrected chi connectivity index (χ2v) is 6.74. The predicted molar refractivity (Wildman–Crippen MR) is 97.7 cm³/mol. The highest BCUT2D eigenvalue weighted by Crippen LogP contribution is 2.20. The maximum atomic E-state index is 12.2. The lowest BCUT2D eigenvalue weighted by Gasteiger charge is -2.23. The number of nitrogens with one attached hydrogen (secondary N) is 3. The summed E-state index contributed by atoms with van der Waals surface area (Å²) in [6.45, 7) is 1.67. The largest absolute Gasteiger partial charge is 0.481 e. The van der Waals surface area contributed by atoms with Gasteiger partial charge in [0.2, 0.25) is 5.91 Å². The zero-order valence-corrected chi connectivity index (χ0v) is 15.1. The van der Waals surface area contributed by atoms with Gasteiger partial charge in [-0.2, -0.15) is 0 Å². The first-order valence-corrected chi connectivity index (χ1v) is 9.06. The molecule has 0 saturated heterocycles. The molecule has 1 aliphatic carbocycles. The standard InChI is InChI=1S/C19H27N3O4/c1-13-7-5-6-10-15(13)16(11-18(24)25)22-17(23)12-20-19(26)21-14-8-3-2-4-9-14/h5-7,10,14,16H,2-4,8-9,11-12H2,1H3,(H,22,23)(H,24,25)(H2,20,21,26). The van der Waals surface area contributed by atoms with Crippen LogP contribution in [0.5, 0.6) is 0 Å². The molecule has 26 heavy (non-hydrogen) atoms. The summed E-state index contributed by atoms with van der Waals surface area (Å²) in [6.07, 6.45) is 5.13. The van der Waals surface area contributed by atoms with Crippen LogP contribution < -0.4 is 16.0 Å². The van der Waals surface area contributed by atoms with Gasteiger partial charge >= 0.3 is 12.0 Å². The summed E-state index contributed by atoms with van der Waals surface area (Å²) in [4.78, 5) is 35.2. The van der Waals surface area contributed by atoms with Gasteiger partial charge < -0.3 is 21.1 Å². The Balaban J connectivity index is 1.85. The monoisotopic (exact) mass is 361 g/mol. The fourth-order valence-corrected chi connectivity index (χ4v) is 3.28. The van der Waals surface area contributed by atoms with Gasteiger partial charge in [0.1, 0.15) is 0 Å². The van der Waals surface area contributed by atoms with Crippen LogP contribution in [0.25, 0.3) is 0 Å². The first-order chi connectivity index (χ1) is 12.5. The van der Waals surface area contributed by atoms with Crippen molar-refractivity contribution < 1.29 is 19.5 Å². The van der Waals surface area contributed by atoms with Gasteiger partial charge in [-0.25, -0.2) is 4.79 Å². The van der Waals surface area contributed by atoms with Gasteiger partial charge in [0.25, 0.3) is 0 Å². The molecule has 7 nitrogen and oxygen atoms in total. The van der Waals surface area contributed by atoms with Gasteiger partial charge in [0, 0.05) is 6.04 Å². The Bertz CT molecular complexity index is 641. The summed E-state index contributed by atoms with van der Waals surface area (Å²) in [5.74, 6) is -1.42. The maximum Gasteiger partial charge on any atom is 0.315 e. The minimum Gasteiger partial charge on any atom is -0.481 e. The molecule has 142 valence electrons. The number of aryl methyl sites for hydroxylation is 1. The zero-order valence-electron chi connectivity index (χ0n) is 15.1. The Labute approximate surface area is 153 Å². The van der Waals surface area contributed by atoms with Crippen molar-refractivity contribution in [3.63, 3.8) is 0 Å². The third-order valence-electron chi connectivity index (χ3n) is 4.63. The van der Waals surface area contributed by atoms with Crippen LogP contribution in [0.2, 0.25) is 0 Å². The quantitative estimate of drug-likeness (QED) is 0.597. The molecule has 2 rings (SSSR count). The minimum absolute atomic E-state index is 0.165. The number of carboxylic acids is 1. The minimum atomic E-state index is -0.999. The van der Waals surface area contributed by atoms with E-state index in [0.29, 0.717) is 0 Å². The third kappa shape index (κ3) is 6.38. The van der Waals surface area contributed by atoms with Crippen molar-refractivity contribution in [2.75, 3.05) is 6.54 Å². The highest BCUT2D eigenvalue weighted by molar-refractivity contribution is 5.84. The van der Waals surface area contributed by atoms with Crippen LogP contribution in [0, 0.1) is 6.92 Å². The van der Waals surface area contributed by atoms with E-state index in [2.05, 4.69) is 16.0 Å². The van der Waals surface area contributed by atoms with Crippen LogP contribution in [-0.4, -0.2) is 35.6 Å². The molecule has 1 aromatic rings. The maximum absolute atomic E-state index is 12.2. The molecule has 1 aliphatic rings. The lowest BCUT2D eigenvalue weighted by molar-refractivity contribution is -0.137. The number of amides is 3. The summed E-state index contributed by atoms with van der Waals surface area (Å²) in [7, 11) is 0. The molecule has 1 unspecified atom stereocenters. The Hall–Kier alpha value is -2.57. The third-order valence-corrected chi connectivity index (χ3v) is 4.63. The van der Waals surface area contributed by atoms with Gasteiger partial charge in [-0.3, -0.25) is 9.59 Å². The van der Waals surface area contributed by atoms with Crippen LogP contribution in [0.4, 0.5) is 4.79 Å². The van der Waals surface area contributed by atoms with E-state index in [0.717, 1.165) is 36.8 Å². The number of aliphatic carboxylic acids is 1. The van der Waals surface area contributed by atoms with Gasteiger partial charge in [-0.1, -0.05) is 43.5 Å². The fourth-order valence-electron chi connectivity index (χ4n) is 3.28. The van der Waals surface area contributed by atoms with Crippen molar-refractivity contribution in [3.05, 3.63) is 35.4 Å². The van der Waals surface area contributed by atoms with Gasteiger partial charge in [0.15, 0.2) is 0 Å². The molecule has 1 aromatic carbocycles. The molecule has 3 amide bonds. The van der Waals surface area contributed by atoms with E-state index in [4.69, 9.17) is 5.11 Å². The normalized spacial score (nSPS) is 15.7. The van der Waals surface area contributed by atoms with Crippen molar-refractivity contribution in [2.24, 2.45) is 0 Å². The van der Waals surface area contributed by atoms with Crippen molar-refractivity contribution in [3.8, 4) is 0 Å². The number of urea groups is 1. The summed E-state index contributed by atoms with van der Waals surface area (Å²) >= 11 is 0. The van der Waals surface area contributed by atoms with Crippen molar-refractivity contribution in [2.45, 2.75) is 57.5 Å². The van der Waals surface area contributed by atoms with Crippen molar-refractivity contribution in [1.82, 2.24) is 16.0 Å². The van der Waals surface area contributed by atoms with E-state index in [-0.39, 0.29) is 25.0 Å². The Morgan fingerprint density at radius 1 is 1.15 bits per heavy atom. The van der Waals surface area contributed by atoms with E-state index >= 15 is 0 Å². The molecule has 0 heterocycles. The van der Waals surface area contributed by atoms with E-state index in [1.54, 1.807) is 12.1 Å². The zero-order chi connectivity index (χ0) is 18.9. The molecule has 7 heteroatoms. The summed E-state index contributed by atoms with van der Waals surface area (Å²) in [5, 5.41) is 17.2. The van der Waals surface area contributed by atoms with Crippen LogP contribution in [0.1, 0.15) is 55.7 Å². The molecule has 0 spiro atoms. The highest BCUT2D eigenvalue weighted by Gasteiger charge is 2.20. The molecular formula is C19H27N3O4. The summed E-state index contributed by atoms with van der Waals surface area (Å²) < 4.78 is 0. The summed E-state index contributed by atoms with van der Waals surface area (Å²) in [5.41, 5.74) is 1.66. The van der Waals surface area contributed by atoms with Gasteiger partial charge in [0.05, 0.1) is 19.0 Å². The molecule has 1 atom stereocenters. The highest BCUT2D eigenvalue weighted by atomic mass is 16.4. The molecule has 4 N–H and O–H groups in total. The molecule has 1 fully saturated rings. The van der Waals surface area contributed by atoms with E-state index in [1.807, 2.05) is 19.1 Å². The lowest BCUT2D eigenvalue weighted by atomic mass is 9.96. The van der Waals surface area contributed by atoms with Crippen molar-refractivity contribution in [1.29, 1.82) is 0 Å². The first-order valence-electron chi connectivity index (χ1n) is 9.06. The van der Waals surface area contributed by atoms with Crippen molar-refractivity contribution >= 4 is 17.9 Å². The number of carbonyl (C=O) groups excluding carboxylic acids is 2. The number of carboxylic acid groups (broad SMARTS) is 1. The van der Waals surface area contributed by atoms with E-state index in [1.165, 1.54) is 6.42 Å². The van der Waals surface area contributed by atoms with Crippen LogP contribution in [-0.2, 0) is 9.59 Å². The number of carbonyl (C=O) groups is 3. The average Bonchev–Trinajstić information content (AvgIpc) is 2.60. The second-order valence-electron chi connectivity index (χ2n) is 6.74. The lowest BCUT2D eigenvalue weighted by Crippen LogP contribution is -2.46. The van der Waals surface area contributed by atoms with E-state index < -0.39 is 17.9 Å². The number of hydrogen-bond donors (Lipinski definition) is 4. The van der Waals surface area contributed by atoms with Crippen LogP contribution >= 0.6 is 0 Å². The molecule has 0 bridgehead atoms. The summed E-state index contributed by atoms with van der Waals surface area (Å²) in [6, 6.07) is 6.49. The van der Waals surface area contributed by atoms with Crippen LogP contribution in [0.15, 0.2) is 24.3 Å². The molecule has 0 aromatic heterocycles. The number of benzene rings is 1. The smallest absolute Gasteiger partial charge is 0.315 e. The van der Waals surface area contributed by atoms with Gasteiger partial charge in [-0.15, -0.1) is 0 Å². The molecule has 0 aliphatic heterocycles. The predicted octanol–water partition coefficient (Wildman–Crippen LogP) is 2.26. The Morgan fingerprint density at radius 3 is 2.50 bits per heavy atom. The molecular weight excluding hydrogens is 334 g/mol. The SMILES string of the molecule is Cc1ccccc1C(CC(=O)O)NC(=O)CNC(=O)NC1CCCCC1. The number of rotatable bonds is 7. The first kappa shape index (κ1) is 19.8. The molecule has 1 saturated carbocycles. The molecule has 0 radical (unpaired) electrons. The Morgan fingerprint density at radius 2 is 1.85 bits per heavy atom. The Kier molecular flexibility index (Phi) is 7.44. The topological polar surface area (TPSA) is 108 Å². The number of hydrogen-bond acceptors (Lipinski definition) is 3. The fraction of sp³-hybridized carbons (Fsp3) is 0.526. The second kappa shape index (κ2) is 9.79.